The number of alkyl halides is 3. The van der Waals surface area contributed by atoms with Gasteiger partial charge in [0.15, 0.2) is 11.3 Å². The van der Waals surface area contributed by atoms with Crippen molar-refractivity contribution in [2.24, 2.45) is 0 Å². The Hall–Kier alpha value is -2.26. The highest BCUT2D eigenvalue weighted by Gasteiger charge is 2.33. The standard InChI is InChI=1S/C16H16Cl2F2N6O/c1-4-25-12(10(17)7-21-25)8-24(3)15(27)11-6-14-22-9(2)5-13(16(18,19)20)26(14)23-11/h5-7H,4,8H2,1-3H3. The SMILES string of the molecule is CCn1ncc(Cl)c1CN(C)C(=O)c1cc2nc(C)cc(C(F)(F)Cl)n2n1. The van der Waals surface area contributed by atoms with Crippen molar-refractivity contribution in [3.05, 3.63) is 46.1 Å². The van der Waals surface area contributed by atoms with Gasteiger partial charge in [0.2, 0.25) is 0 Å². The van der Waals surface area contributed by atoms with Gasteiger partial charge in [0, 0.05) is 25.4 Å². The summed E-state index contributed by atoms with van der Waals surface area (Å²) in [5.41, 5.74) is 0.528. The molecule has 3 aromatic rings. The first kappa shape index (κ1) is 19.5. The highest BCUT2D eigenvalue weighted by molar-refractivity contribution is 6.31. The van der Waals surface area contributed by atoms with Crippen LogP contribution >= 0.6 is 23.2 Å². The summed E-state index contributed by atoms with van der Waals surface area (Å²) < 4.78 is 29.9. The van der Waals surface area contributed by atoms with E-state index in [1.807, 2.05) is 6.92 Å². The number of carbonyl (C=O) groups excluding carboxylic acids is 1. The van der Waals surface area contributed by atoms with Crippen molar-refractivity contribution >= 4 is 34.8 Å². The van der Waals surface area contributed by atoms with Gasteiger partial charge in [-0.3, -0.25) is 9.48 Å². The zero-order valence-electron chi connectivity index (χ0n) is 14.7. The van der Waals surface area contributed by atoms with Crippen LogP contribution in [0, 0.1) is 6.92 Å². The summed E-state index contributed by atoms with van der Waals surface area (Å²) in [5, 5.41) is 4.89. The van der Waals surface area contributed by atoms with Crippen LogP contribution in [0.1, 0.15) is 34.5 Å². The topological polar surface area (TPSA) is 68.3 Å². The van der Waals surface area contributed by atoms with Crippen LogP contribution in [0.4, 0.5) is 8.78 Å². The fourth-order valence-electron chi connectivity index (χ4n) is 2.72. The summed E-state index contributed by atoms with van der Waals surface area (Å²) in [4.78, 5) is 18.2. The Kier molecular flexibility index (Phi) is 5.09. The Labute approximate surface area is 163 Å². The second kappa shape index (κ2) is 7.05. The number of amides is 1. The van der Waals surface area contributed by atoms with Crippen LogP contribution in [-0.4, -0.2) is 42.2 Å². The molecule has 3 heterocycles. The van der Waals surface area contributed by atoms with E-state index in [2.05, 4.69) is 15.2 Å². The van der Waals surface area contributed by atoms with E-state index in [1.165, 1.54) is 17.2 Å². The summed E-state index contributed by atoms with van der Waals surface area (Å²) in [6, 6.07) is 2.47. The molecule has 0 spiro atoms. The van der Waals surface area contributed by atoms with Crippen molar-refractivity contribution in [1.29, 1.82) is 0 Å². The number of rotatable bonds is 5. The average molecular weight is 417 g/mol. The van der Waals surface area contributed by atoms with E-state index in [1.54, 1.807) is 18.7 Å². The second-order valence-corrected chi connectivity index (χ2v) is 6.88. The lowest BCUT2D eigenvalue weighted by Crippen LogP contribution is -2.28. The average Bonchev–Trinajstić information content (AvgIpc) is 3.16. The maximum atomic E-state index is 13.7. The van der Waals surface area contributed by atoms with Gasteiger partial charge in [-0.25, -0.2) is 9.50 Å². The zero-order chi connectivity index (χ0) is 19.9. The van der Waals surface area contributed by atoms with Crippen LogP contribution in [0.5, 0.6) is 0 Å². The summed E-state index contributed by atoms with van der Waals surface area (Å²) >= 11 is 11.3. The van der Waals surface area contributed by atoms with E-state index >= 15 is 0 Å². The molecule has 0 atom stereocenters. The predicted molar refractivity (Wildman–Crippen MR) is 96.2 cm³/mol. The number of hydrogen-bond acceptors (Lipinski definition) is 4. The first-order valence-corrected chi connectivity index (χ1v) is 8.77. The molecule has 0 saturated carbocycles. The number of hydrogen-bond donors (Lipinski definition) is 0. The molecule has 0 fully saturated rings. The minimum atomic E-state index is -3.65. The van der Waals surface area contributed by atoms with Gasteiger partial charge in [-0.1, -0.05) is 11.6 Å². The Bertz CT molecular complexity index is 1010. The fourth-order valence-corrected chi connectivity index (χ4v) is 3.05. The highest BCUT2D eigenvalue weighted by Crippen LogP contribution is 2.32. The van der Waals surface area contributed by atoms with Crippen LogP contribution in [0.15, 0.2) is 18.3 Å². The maximum Gasteiger partial charge on any atom is 0.364 e. The lowest BCUT2D eigenvalue weighted by atomic mass is 10.3. The number of halogens is 4. The smallest absolute Gasteiger partial charge is 0.334 e. The van der Waals surface area contributed by atoms with Gasteiger partial charge in [0.1, 0.15) is 5.69 Å². The third-order valence-electron chi connectivity index (χ3n) is 4.00. The van der Waals surface area contributed by atoms with Gasteiger partial charge < -0.3 is 4.90 Å². The van der Waals surface area contributed by atoms with Crippen LogP contribution in [0.2, 0.25) is 5.02 Å². The van der Waals surface area contributed by atoms with Crippen LogP contribution in [0.25, 0.3) is 5.65 Å². The first-order valence-electron chi connectivity index (χ1n) is 8.02. The number of aryl methyl sites for hydroxylation is 2. The Morgan fingerprint density at radius 1 is 1.37 bits per heavy atom. The molecule has 0 N–H and O–H groups in total. The van der Waals surface area contributed by atoms with E-state index in [4.69, 9.17) is 23.2 Å². The molecule has 7 nitrogen and oxygen atoms in total. The molecule has 11 heteroatoms. The number of nitrogens with zero attached hydrogens (tertiary/aromatic N) is 6. The van der Waals surface area contributed by atoms with E-state index in [0.717, 1.165) is 10.6 Å². The zero-order valence-corrected chi connectivity index (χ0v) is 16.3. The summed E-state index contributed by atoms with van der Waals surface area (Å²) in [6.07, 6.45) is 1.51. The van der Waals surface area contributed by atoms with E-state index in [9.17, 15) is 13.6 Å². The van der Waals surface area contributed by atoms with Crippen LogP contribution < -0.4 is 0 Å². The molecule has 1 amide bonds. The highest BCUT2D eigenvalue weighted by atomic mass is 35.5. The predicted octanol–water partition coefficient (Wildman–Crippen LogP) is 3.47. The normalized spacial score (nSPS) is 12.0. The molecular formula is C16H16Cl2F2N6O. The molecule has 0 radical (unpaired) electrons. The molecule has 3 rings (SSSR count). The van der Waals surface area contributed by atoms with E-state index in [0.29, 0.717) is 23.0 Å². The minimum Gasteiger partial charge on any atom is -0.334 e. The number of fused-ring (bicyclic) bond motifs is 1. The van der Waals surface area contributed by atoms with E-state index < -0.39 is 17.0 Å². The Balaban J connectivity index is 1.95. The molecule has 3 aromatic heterocycles. The molecule has 0 aliphatic carbocycles. The van der Waals surface area contributed by atoms with Gasteiger partial charge >= 0.3 is 5.38 Å². The van der Waals surface area contributed by atoms with Gasteiger partial charge in [0.05, 0.1) is 23.5 Å². The molecular weight excluding hydrogens is 401 g/mol. The quantitative estimate of drug-likeness (QED) is 0.597. The minimum absolute atomic E-state index is 0.0311. The molecule has 0 aromatic carbocycles. The van der Waals surface area contributed by atoms with Crippen molar-refractivity contribution in [3.63, 3.8) is 0 Å². The van der Waals surface area contributed by atoms with Gasteiger partial charge in [0.25, 0.3) is 5.91 Å². The van der Waals surface area contributed by atoms with Crippen molar-refractivity contribution < 1.29 is 13.6 Å². The van der Waals surface area contributed by atoms with Gasteiger partial charge in [-0.2, -0.15) is 19.0 Å². The third-order valence-corrected chi connectivity index (χ3v) is 4.51. The Morgan fingerprint density at radius 2 is 2.07 bits per heavy atom. The molecule has 0 aliphatic heterocycles. The Morgan fingerprint density at radius 3 is 2.70 bits per heavy atom. The molecule has 0 unspecified atom stereocenters. The van der Waals surface area contributed by atoms with E-state index in [-0.39, 0.29) is 17.9 Å². The summed E-state index contributed by atoms with van der Waals surface area (Å²) in [6.45, 7) is 4.24. The third kappa shape index (κ3) is 3.74. The number of aromatic nitrogens is 5. The second-order valence-electron chi connectivity index (χ2n) is 6.00. The summed E-state index contributed by atoms with van der Waals surface area (Å²) in [7, 11) is 1.56. The monoisotopic (exact) mass is 416 g/mol. The van der Waals surface area contributed by atoms with Crippen LogP contribution in [0.3, 0.4) is 0 Å². The number of carbonyl (C=O) groups is 1. The van der Waals surface area contributed by atoms with Crippen LogP contribution in [-0.2, 0) is 18.5 Å². The first-order chi connectivity index (χ1) is 12.6. The largest absolute Gasteiger partial charge is 0.364 e. The lowest BCUT2D eigenvalue weighted by Gasteiger charge is -2.17. The molecule has 0 aliphatic rings. The fraction of sp³-hybridized carbons (Fsp3) is 0.375. The van der Waals surface area contributed by atoms with Crippen molar-refractivity contribution in [2.45, 2.75) is 32.3 Å². The molecule has 0 saturated heterocycles. The summed E-state index contributed by atoms with van der Waals surface area (Å²) in [5.74, 6) is -0.470. The molecule has 0 bridgehead atoms. The lowest BCUT2D eigenvalue weighted by molar-refractivity contribution is 0.0769. The van der Waals surface area contributed by atoms with Gasteiger partial charge in [-0.05, 0) is 31.5 Å². The van der Waals surface area contributed by atoms with Crippen molar-refractivity contribution in [1.82, 2.24) is 29.3 Å². The molecule has 27 heavy (non-hydrogen) atoms. The van der Waals surface area contributed by atoms with Crippen molar-refractivity contribution in [3.8, 4) is 0 Å². The maximum absolute atomic E-state index is 13.7. The van der Waals surface area contributed by atoms with Gasteiger partial charge in [-0.15, -0.1) is 0 Å². The van der Waals surface area contributed by atoms with Crippen molar-refractivity contribution in [2.75, 3.05) is 7.05 Å². The molecule has 144 valence electrons.